The third-order valence-corrected chi connectivity index (χ3v) is 4.34. The summed E-state index contributed by atoms with van der Waals surface area (Å²) in [5.41, 5.74) is 0.840. The van der Waals surface area contributed by atoms with Gasteiger partial charge in [-0.3, -0.25) is 4.79 Å². The van der Waals surface area contributed by atoms with E-state index in [1.54, 1.807) is 30.3 Å². The van der Waals surface area contributed by atoms with Crippen molar-refractivity contribution in [3.05, 3.63) is 40.9 Å². The highest BCUT2D eigenvalue weighted by molar-refractivity contribution is 6.30. The SMILES string of the molecule is C[C@@H]1CCCC[C@H]1NC(=O)COC(=O)/C=C/c1ccc(Cl)cc1. The minimum absolute atomic E-state index is 0.194. The minimum atomic E-state index is -0.535. The van der Waals surface area contributed by atoms with Crippen molar-refractivity contribution in [1.82, 2.24) is 5.32 Å². The van der Waals surface area contributed by atoms with Crippen LogP contribution in [0.4, 0.5) is 0 Å². The first-order valence-corrected chi connectivity index (χ1v) is 8.32. The Balaban J connectivity index is 1.73. The normalized spacial score (nSPS) is 21.1. The molecule has 2 rings (SSSR count). The average Bonchev–Trinajstić information content (AvgIpc) is 2.54. The Morgan fingerprint density at radius 3 is 2.65 bits per heavy atom. The lowest BCUT2D eigenvalue weighted by atomic mass is 9.86. The molecule has 0 radical (unpaired) electrons. The van der Waals surface area contributed by atoms with Crippen molar-refractivity contribution in [1.29, 1.82) is 0 Å². The Hall–Kier alpha value is -1.81. The monoisotopic (exact) mass is 335 g/mol. The zero-order chi connectivity index (χ0) is 16.7. The van der Waals surface area contributed by atoms with E-state index in [0.29, 0.717) is 10.9 Å². The number of hydrogen-bond acceptors (Lipinski definition) is 3. The van der Waals surface area contributed by atoms with Gasteiger partial charge in [0.05, 0.1) is 0 Å². The summed E-state index contributed by atoms with van der Waals surface area (Å²) in [6.45, 7) is 1.90. The van der Waals surface area contributed by atoms with Gasteiger partial charge in [-0.2, -0.15) is 0 Å². The van der Waals surface area contributed by atoms with Gasteiger partial charge in [-0.15, -0.1) is 0 Å². The molecule has 1 aromatic rings. The van der Waals surface area contributed by atoms with Crippen molar-refractivity contribution < 1.29 is 14.3 Å². The zero-order valence-corrected chi connectivity index (χ0v) is 14.0. The first-order chi connectivity index (χ1) is 11.0. The highest BCUT2D eigenvalue weighted by atomic mass is 35.5. The van der Waals surface area contributed by atoms with E-state index in [1.807, 2.05) is 0 Å². The van der Waals surface area contributed by atoms with Crippen molar-refractivity contribution in [3.8, 4) is 0 Å². The molecule has 0 unspecified atom stereocenters. The average molecular weight is 336 g/mol. The summed E-state index contributed by atoms with van der Waals surface area (Å²) in [6, 6.07) is 7.27. The molecule has 5 heteroatoms. The summed E-state index contributed by atoms with van der Waals surface area (Å²) in [5, 5.41) is 3.59. The molecule has 124 valence electrons. The number of amides is 1. The van der Waals surface area contributed by atoms with E-state index in [9.17, 15) is 9.59 Å². The molecule has 2 atom stereocenters. The van der Waals surface area contributed by atoms with Crippen LogP contribution in [0.3, 0.4) is 0 Å². The van der Waals surface area contributed by atoms with E-state index in [-0.39, 0.29) is 18.6 Å². The van der Waals surface area contributed by atoms with Crippen LogP contribution in [-0.2, 0) is 14.3 Å². The van der Waals surface area contributed by atoms with Crippen LogP contribution in [-0.4, -0.2) is 24.5 Å². The van der Waals surface area contributed by atoms with Crippen molar-refractivity contribution in [2.24, 2.45) is 5.92 Å². The van der Waals surface area contributed by atoms with Crippen LogP contribution in [0.5, 0.6) is 0 Å². The molecule has 0 saturated heterocycles. The first kappa shape index (κ1) is 17.5. The van der Waals surface area contributed by atoms with Crippen molar-refractivity contribution in [3.63, 3.8) is 0 Å². The van der Waals surface area contributed by atoms with Gasteiger partial charge in [-0.25, -0.2) is 4.79 Å². The van der Waals surface area contributed by atoms with Gasteiger partial charge in [0.2, 0.25) is 0 Å². The van der Waals surface area contributed by atoms with E-state index in [4.69, 9.17) is 16.3 Å². The third kappa shape index (κ3) is 6.06. The molecular formula is C18H22ClNO3. The number of carbonyl (C=O) groups is 2. The standard InChI is InChI=1S/C18H22ClNO3/c1-13-4-2-3-5-16(13)20-17(21)12-23-18(22)11-8-14-6-9-15(19)10-7-14/h6-11,13,16H,2-5,12H2,1H3,(H,20,21)/b11-8+/t13-,16-/m1/s1. The van der Waals surface area contributed by atoms with Crippen LogP contribution in [0.15, 0.2) is 30.3 Å². The molecule has 0 heterocycles. The summed E-state index contributed by atoms with van der Waals surface area (Å²) in [4.78, 5) is 23.5. The topological polar surface area (TPSA) is 55.4 Å². The van der Waals surface area contributed by atoms with Crippen LogP contribution >= 0.6 is 11.6 Å². The predicted molar refractivity (Wildman–Crippen MR) is 91.0 cm³/mol. The lowest BCUT2D eigenvalue weighted by Crippen LogP contribution is -2.42. The van der Waals surface area contributed by atoms with Gasteiger partial charge in [0.25, 0.3) is 5.91 Å². The van der Waals surface area contributed by atoms with Crippen LogP contribution in [0.25, 0.3) is 6.08 Å². The molecule has 0 spiro atoms. The molecule has 0 bridgehead atoms. The highest BCUT2D eigenvalue weighted by Gasteiger charge is 2.22. The summed E-state index contributed by atoms with van der Waals surface area (Å²) >= 11 is 5.79. The minimum Gasteiger partial charge on any atom is -0.452 e. The van der Waals surface area contributed by atoms with Gasteiger partial charge in [-0.05, 0) is 42.5 Å². The molecule has 1 aromatic carbocycles. The lowest BCUT2D eigenvalue weighted by molar-refractivity contribution is -0.144. The van der Waals surface area contributed by atoms with Gasteiger partial charge >= 0.3 is 5.97 Å². The molecule has 4 nitrogen and oxygen atoms in total. The molecular weight excluding hydrogens is 314 g/mol. The van der Waals surface area contributed by atoms with Gasteiger partial charge < -0.3 is 10.1 Å². The van der Waals surface area contributed by atoms with Crippen molar-refractivity contribution >= 4 is 29.6 Å². The van der Waals surface area contributed by atoms with Crippen molar-refractivity contribution in [2.45, 2.75) is 38.6 Å². The van der Waals surface area contributed by atoms with E-state index < -0.39 is 5.97 Å². The molecule has 1 amide bonds. The quantitative estimate of drug-likeness (QED) is 0.661. The molecule has 0 aromatic heterocycles. The maximum atomic E-state index is 11.8. The van der Waals surface area contributed by atoms with Gasteiger partial charge in [0, 0.05) is 17.1 Å². The second-order valence-electron chi connectivity index (χ2n) is 5.93. The second-order valence-corrected chi connectivity index (χ2v) is 6.36. The molecule has 1 N–H and O–H groups in total. The number of ether oxygens (including phenoxy) is 1. The summed E-state index contributed by atoms with van der Waals surface area (Å²) < 4.78 is 4.96. The Bertz CT molecular complexity index is 568. The lowest BCUT2D eigenvalue weighted by Gasteiger charge is -2.29. The number of esters is 1. The second kappa shape index (κ2) is 8.73. The van der Waals surface area contributed by atoms with Crippen LogP contribution in [0.1, 0.15) is 38.2 Å². The van der Waals surface area contributed by atoms with E-state index in [0.717, 1.165) is 24.8 Å². The third-order valence-electron chi connectivity index (χ3n) is 4.09. The van der Waals surface area contributed by atoms with Crippen LogP contribution in [0, 0.1) is 5.92 Å². The number of nitrogens with one attached hydrogen (secondary N) is 1. The molecule has 1 aliphatic rings. The zero-order valence-electron chi connectivity index (χ0n) is 13.3. The van der Waals surface area contributed by atoms with Crippen LogP contribution in [0.2, 0.25) is 5.02 Å². The smallest absolute Gasteiger partial charge is 0.331 e. The number of rotatable bonds is 5. The predicted octanol–water partition coefficient (Wildman–Crippen LogP) is 3.59. The molecule has 1 saturated carbocycles. The maximum absolute atomic E-state index is 11.8. The summed E-state index contributed by atoms with van der Waals surface area (Å²) in [7, 11) is 0. The fourth-order valence-corrected chi connectivity index (χ4v) is 2.83. The Labute approximate surface area is 141 Å². The molecule has 1 aliphatic carbocycles. The fourth-order valence-electron chi connectivity index (χ4n) is 2.70. The molecule has 1 fully saturated rings. The van der Waals surface area contributed by atoms with E-state index >= 15 is 0 Å². The maximum Gasteiger partial charge on any atom is 0.331 e. The Kier molecular flexibility index (Phi) is 6.66. The van der Waals surface area contributed by atoms with Gasteiger partial charge in [-0.1, -0.05) is 43.5 Å². The number of hydrogen-bond donors (Lipinski definition) is 1. The number of benzene rings is 1. The Morgan fingerprint density at radius 2 is 1.96 bits per heavy atom. The Morgan fingerprint density at radius 1 is 1.26 bits per heavy atom. The van der Waals surface area contributed by atoms with Gasteiger partial charge in [0.15, 0.2) is 6.61 Å². The molecule has 23 heavy (non-hydrogen) atoms. The largest absolute Gasteiger partial charge is 0.452 e. The first-order valence-electron chi connectivity index (χ1n) is 7.94. The van der Waals surface area contributed by atoms with Gasteiger partial charge in [0.1, 0.15) is 0 Å². The van der Waals surface area contributed by atoms with E-state index in [2.05, 4.69) is 12.2 Å². The number of carbonyl (C=O) groups excluding carboxylic acids is 2. The number of halogens is 1. The molecule has 0 aliphatic heterocycles. The summed E-state index contributed by atoms with van der Waals surface area (Å²) in [6.07, 6.45) is 7.42. The highest BCUT2D eigenvalue weighted by Crippen LogP contribution is 2.23. The fraction of sp³-hybridized carbons (Fsp3) is 0.444. The van der Waals surface area contributed by atoms with E-state index in [1.165, 1.54) is 12.5 Å². The van der Waals surface area contributed by atoms with Crippen molar-refractivity contribution in [2.75, 3.05) is 6.61 Å². The van der Waals surface area contributed by atoms with Crippen LogP contribution < -0.4 is 5.32 Å². The summed E-state index contributed by atoms with van der Waals surface area (Å²) in [5.74, 6) is -0.294.